The van der Waals surface area contributed by atoms with Crippen molar-refractivity contribution in [3.05, 3.63) is 107 Å². The minimum Gasteiger partial charge on any atom is -0.297 e. The zero-order chi connectivity index (χ0) is 16.4. The molecule has 0 saturated carbocycles. The van der Waals surface area contributed by atoms with Crippen LogP contribution in [0.5, 0.6) is 0 Å². The third-order valence-corrected chi connectivity index (χ3v) is 4.53. The lowest BCUT2D eigenvalue weighted by atomic mass is 10.0. The van der Waals surface area contributed by atoms with Gasteiger partial charge in [0.1, 0.15) is 0 Å². The number of benzene rings is 3. The quantitative estimate of drug-likeness (QED) is 0.686. The first-order valence-electron chi connectivity index (χ1n) is 7.95. The molecule has 1 aliphatic heterocycles. The van der Waals surface area contributed by atoms with Gasteiger partial charge < -0.3 is 0 Å². The number of halogens is 1. The van der Waals surface area contributed by atoms with Gasteiger partial charge in [-0.2, -0.15) is 0 Å². The van der Waals surface area contributed by atoms with Crippen LogP contribution in [0.3, 0.4) is 0 Å². The Hall–Kier alpha value is -2.71. The van der Waals surface area contributed by atoms with Gasteiger partial charge in [0.25, 0.3) is 0 Å². The predicted molar refractivity (Wildman–Crippen MR) is 101 cm³/mol. The third kappa shape index (κ3) is 2.77. The maximum absolute atomic E-state index is 6.47. The molecule has 2 nitrogen and oxygen atoms in total. The maximum Gasteiger partial charge on any atom is 0.0972 e. The van der Waals surface area contributed by atoms with E-state index in [1.54, 1.807) is 0 Å². The molecule has 1 N–H and O–H groups in total. The van der Waals surface area contributed by atoms with E-state index in [4.69, 9.17) is 11.6 Å². The Morgan fingerprint density at radius 1 is 0.750 bits per heavy atom. The van der Waals surface area contributed by atoms with Crippen molar-refractivity contribution >= 4 is 23.0 Å². The molecule has 0 saturated heterocycles. The zero-order valence-electron chi connectivity index (χ0n) is 13.1. The van der Waals surface area contributed by atoms with E-state index in [2.05, 4.69) is 46.8 Å². The summed E-state index contributed by atoms with van der Waals surface area (Å²) in [5.74, 6) is 0. The number of hydrazine groups is 1. The molecule has 3 heteroatoms. The lowest BCUT2D eigenvalue weighted by Gasteiger charge is -2.28. The molecule has 0 aliphatic carbocycles. The predicted octanol–water partition coefficient (Wildman–Crippen LogP) is 5.45. The fraction of sp³-hybridized carbons (Fsp3) is 0.0476. The SMILES string of the molecule is Clc1ccccc1C1C=C(c2ccccc2)NN1c1ccccc1. The number of anilines is 1. The highest BCUT2D eigenvalue weighted by atomic mass is 35.5. The summed E-state index contributed by atoms with van der Waals surface area (Å²) in [4.78, 5) is 0. The molecule has 4 rings (SSSR count). The Kier molecular flexibility index (Phi) is 3.97. The van der Waals surface area contributed by atoms with Crippen molar-refractivity contribution in [1.82, 2.24) is 5.43 Å². The second-order valence-electron chi connectivity index (χ2n) is 5.73. The van der Waals surface area contributed by atoms with Gasteiger partial charge in [0, 0.05) is 5.02 Å². The molecule has 1 unspecified atom stereocenters. The second kappa shape index (κ2) is 6.42. The Bertz CT molecular complexity index is 859. The summed E-state index contributed by atoms with van der Waals surface area (Å²) in [7, 11) is 0. The van der Waals surface area contributed by atoms with E-state index in [9.17, 15) is 0 Å². The van der Waals surface area contributed by atoms with Crippen LogP contribution >= 0.6 is 11.6 Å². The molecular formula is C21H17ClN2. The van der Waals surface area contributed by atoms with E-state index < -0.39 is 0 Å². The van der Waals surface area contributed by atoms with E-state index in [0.717, 1.165) is 27.5 Å². The molecule has 3 aromatic carbocycles. The monoisotopic (exact) mass is 332 g/mol. The second-order valence-corrected chi connectivity index (χ2v) is 6.14. The van der Waals surface area contributed by atoms with Crippen LogP contribution in [0, 0.1) is 0 Å². The van der Waals surface area contributed by atoms with Gasteiger partial charge in [-0.3, -0.25) is 10.4 Å². The standard InChI is InChI=1S/C21H17ClN2/c22-19-14-8-7-13-18(19)21-15-20(16-9-3-1-4-10-16)23-24(21)17-11-5-2-6-12-17/h1-15,21,23H. The number of nitrogens with zero attached hydrogens (tertiary/aromatic N) is 1. The highest BCUT2D eigenvalue weighted by molar-refractivity contribution is 6.31. The summed E-state index contributed by atoms with van der Waals surface area (Å²) >= 11 is 6.47. The van der Waals surface area contributed by atoms with Crippen LogP contribution in [0.4, 0.5) is 5.69 Å². The molecule has 0 amide bonds. The van der Waals surface area contributed by atoms with Crippen LogP contribution in [0.2, 0.25) is 5.02 Å². The average Bonchev–Trinajstić information content (AvgIpc) is 3.09. The van der Waals surface area contributed by atoms with Gasteiger partial charge in [0.05, 0.1) is 17.4 Å². The van der Waals surface area contributed by atoms with Gasteiger partial charge in [-0.25, -0.2) is 0 Å². The smallest absolute Gasteiger partial charge is 0.0972 e. The van der Waals surface area contributed by atoms with Crippen molar-refractivity contribution in [1.29, 1.82) is 0 Å². The lowest BCUT2D eigenvalue weighted by Crippen LogP contribution is -2.34. The summed E-state index contributed by atoms with van der Waals surface area (Å²) in [6.45, 7) is 0. The molecule has 1 atom stereocenters. The van der Waals surface area contributed by atoms with Crippen LogP contribution in [0.1, 0.15) is 17.2 Å². The van der Waals surface area contributed by atoms with Gasteiger partial charge in [-0.1, -0.05) is 78.3 Å². The van der Waals surface area contributed by atoms with E-state index >= 15 is 0 Å². The summed E-state index contributed by atoms with van der Waals surface area (Å²) in [5, 5.41) is 2.93. The first kappa shape index (κ1) is 14.9. The molecule has 0 fully saturated rings. The average molecular weight is 333 g/mol. The van der Waals surface area contributed by atoms with Crippen molar-refractivity contribution in [2.24, 2.45) is 0 Å². The third-order valence-electron chi connectivity index (χ3n) is 4.19. The first-order chi connectivity index (χ1) is 11.8. The Morgan fingerprint density at radius 3 is 2.08 bits per heavy atom. The van der Waals surface area contributed by atoms with E-state index in [1.165, 1.54) is 0 Å². The summed E-state index contributed by atoms with van der Waals surface area (Å²) in [5.41, 5.74) is 7.97. The van der Waals surface area contributed by atoms with E-state index in [-0.39, 0.29) is 6.04 Å². The first-order valence-corrected chi connectivity index (χ1v) is 8.33. The largest absolute Gasteiger partial charge is 0.297 e. The maximum atomic E-state index is 6.47. The number of nitrogens with one attached hydrogen (secondary N) is 1. The lowest BCUT2D eigenvalue weighted by molar-refractivity contribution is 0.724. The van der Waals surface area contributed by atoms with Crippen LogP contribution in [0.15, 0.2) is 91.0 Å². The number of hydrogen-bond acceptors (Lipinski definition) is 2. The van der Waals surface area contributed by atoms with Crippen LogP contribution in [0.25, 0.3) is 5.70 Å². The minimum atomic E-state index is 0.0382. The van der Waals surface area contributed by atoms with Crippen molar-refractivity contribution in [3.8, 4) is 0 Å². The van der Waals surface area contributed by atoms with Gasteiger partial charge in [0.15, 0.2) is 0 Å². The van der Waals surface area contributed by atoms with Gasteiger partial charge in [-0.05, 0) is 35.4 Å². The summed E-state index contributed by atoms with van der Waals surface area (Å²) < 4.78 is 0. The fourth-order valence-corrected chi connectivity index (χ4v) is 3.25. The molecule has 3 aromatic rings. The van der Waals surface area contributed by atoms with Crippen LogP contribution in [-0.4, -0.2) is 0 Å². The minimum absolute atomic E-state index is 0.0382. The molecule has 0 bridgehead atoms. The summed E-state index contributed by atoms with van der Waals surface area (Å²) in [6, 6.07) is 28.7. The van der Waals surface area contributed by atoms with Crippen LogP contribution in [-0.2, 0) is 0 Å². The van der Waals surface area contributed by atoms with E-state index in [1.807, 2.05) is 54.6 Å². The number of rotatable bonds is 3. The molecule has 0 aromatic heterocycles. The molecule has 1 heterocycles. The van der Waals surface area contributed by atoms with Crippen molar-refractivity contribution < 1.29 is 0 Å². The normalized spacial score (nSPS) is 16.6. The van der Waals surface area contributed by atoms with Crippen molar-refractivity contribution in [3.63, 3.8) is 0 Å². The Morgan fingerprint density at radius 2 is 1.38 bits per heavy atom. The number of hydrogen-bond donors (Lipinski definition) is 1. The fourth-order valence-electron chi connectivity index (χ4n) is 3.01. The molecule has 24 heavy (non-hydrogen) atoms. The van der Waals surface area contributed by atoms with Gasteiger partial charge in [-0.15, -0.1) is 0 Å². The molecule has 0 radical (unpaired) electrons. The van der Waals surface area contributed by atoms with Crippen LogP contribution < -0.4 is 10.4 Å². The zero-order valence-corrected chi connectivity index (χ0v) is 13.8. The van der Waals surface area contributed by atoms with Crippen molar-refractivity contribution in [2.45, 2.75) is 6.04 Å². The van der Waals surface area contributed by atoms with Gasteiger partial charge in [0.2, 0.25) is 0 Å². The molecule has 118 valence electrons. The van der Waals surface area contributed by atoms with Crippen molar-refractivity contribution in [2.75, 3.05) is 5.01 Å². The highest BCUT2D eigenvalue weighted by Crippen LogP contribution is 2.37. The van der Waals surface area contributed by atoms with Gasteiger partial charge >= 0.3 is 0 Å². The highest BCUT2D eigenvalue weighted by Gasteiger charge is 2.28. The summed E-state index contributed by atoms with van der Waals surface area (Å²) in [6.07, 6.45) is 2.23. The molecule has 1 aliphatic rings. The Balaban J connectivity index is 1.79. The number of para-hydroxylation sites is 1. The molecular weight excluding hydrogens is 316 g/mol. The molecule has 0 spiro atoms. The van der Waals surface area contributed by atoms with E-state index in [0.29, 0.717) is 0 Å². The topological polar surface area (TPSA) is 15.3 Å². The Labute approximate surface area is 147 Å².